The number of halogens is 2. The van der Waals surface area contributed by atoms with E-state index in [2.05, 4.69) is 38.0 Å². The van der Waals surface area contributed by atoms with E-state index in [9.17, 15) is 19.8 Å². The predicted molar refractivity (Wildman–Crippen MR) is 201 cm³/mol. The minimum absolute atomic E-state index is 0.0267. The van der Waals surface area contributed by atoms with Crippen LogP contribution >= 0.6 is 46.7 Å². The number of nitrogens with zero attached hydrogens (tertiary/aromatic N) is 2. The molecule has 8 nitrogen and oxygen atoms in total. The second-order valence-electron chi connectivity index (χ2n) is 11.5. The minimum atomic E-state index is -0.0375. The Balaban J connectivity index is 0.000000470. The number of thioether (sulfide) groups is 2. The Morgan fingerprint density at radius 3 is 1.57 bits per heavy atom. The fraction of sp³-hybridized carbons (Fsp3) is 0.657. The van der Waals surface area contributed by atoms with Gasteiger partial charge < -0.3 is 19.9 Å². The van der Waals surface area contributed by atoms with E-state index in [4.69, 9.17) is 32.9 Å². The van der Waals surface area contributed by atoms with E-state index in [-0.39, 0.29) is 48.1 Å². The third kappa shape index (κ3) is 16.4. The zero-order valence-corrected chi connectivity index (χ0v) is 32.0. The summed E-state index contributed by atoms with van der Waals surface area (Å²) in [7, 11) is 0. The van der Waals surface area contributed by atoms with Crippen LogP contribution in [0.1, 0.15) is 99.3 Å². The van der Waals surface area contributed by atoms with E-state index in [1.807, 2.05) is 37.4 Å². The van der Waals surface area contributed by atoms with E-state index in [1.165, 1.54) is 11.1 Å². The molecular formula is C35H54Cl2N2O6S2. The van der Waals surface area contributed by atoms with E-state index in [0.717, 1.165) is 30.8 Å². The van der Waals surface area contributed by atoms with Crippen LogP contribution in [0.3, 0.4) is 0 Å². The zero-order chi connectivity index (χ0) is 35.2. The molecule has 0 aliphatic heterocycles. The molecule has 4 unspecified atom stereocenters. The Hall–Kier alpha value is -1.88. The van der Waals surface area contributed by atoms with Crippen LogP contribution < -0.4 is 0 Å². The lowest BCUT2D eigenvalue weighted by Crippen LogP contribution is -2.26. The lowest BCUT2D eigenvalue weighted by Gasteiger charge is -2.25. The van der Waals surface area contributed by atoms with Gasteiger partial charge in [-0.15, -0.1) is 0 Å². The summed E-state index contributed by atoms with van der Waals surface area (Å²) in [6.45, 7) is 13.0. The molecule has 0 fully saturated rings. The lowest BCUT2D eigenvalue weighted by atomic mass is 9.82. The first-order valence-electron chi connectivity index (χ1n) is 16.6. The van der Waals surface area contributed by atoms with Crippen LogP contribution in [0.4, 0.5) is 0 Å². The summed E-state index contributed by atoms with van der Waals surface area (Å²) in [5.74, 6) is 2.79. The number of hydrogen-bond acceptors (Lipinski definition) is 10. The second-order valence-corrected chi connectivity index (χ2v) is 15.5. The summed E-state index contributed by atoms with van der Waals surface area (Å²) in [5, 5.41) is 29.8. The highest BCUT2D eigenvalue weighted by Crippen LogP contribution is 2.34. The minimum Gasteiger partial charge on any atom is -0.511 e. The molecule has 0 bridgehead atoms. The van der Waals surface area contributed by atoms with Gasteiger partial charge in [0, 0.05) is 47.3 Å². The molecule has 2 rings (SSSR count). The number of rotatable bonds is 19. The number of Topliss-reactive ketones (excluding diaryl/α,β-unsaturated/α-hetero) is 2. The van der Waals surface area contributed by atoms with Crippen molar-refractivity contribution in [2.75, 3.05) is 24.7 Å². The number of aliphatic hydroxyl groups excluding tert-OH is 2. The Bertz CT molecular complexity index is 1170. The Kier molecular flexibility index (Phi) is 23.1. The van der Waals surface area contributed by atoms with E-state index in [1.54, 1.807) is 12.2 Å². The van der Waals surface area contributed by atoms with Crippen molar-refractivity contribution < 1.29 is 29.5 Å². The number of hydrogen-bond donors (Lipinski definition) is 2. The number of allylic oxidation sites excluding steroid dienone is 4. The summed E-state index contributed by atoms with van der Waals surface area (Å²) in [4.78, 5) is 35.3. The molecule has 0 aromatic carbocycles. The summed E-state index contributed by atoms with van der Waals surface area (Å²) in [5.41, 5.74) is 4.46. The Morgan fingerprint density at radius 1 is 0.787 bits per heavy atom. The number of oxime groups is 2. The standard InChI is InChI=1S/C18H28ClNO3S.C17H26ClNO3S/c1-4-7-15(20-23-9-6-8-19)18-16(21)11-14(12-17(18)22)10-13(3)24-5-2;1-4-14(19-22-8-6-7-18)17-15(20)10-13(11-16(17)21)9-12(3)23-5-2/h6,8,13-14,21H,4-5,7,9-12H2,1-3H3;6-7,12-13,20H,4-5,8-11H2,1-3H3/b8-6+,20-15+;7-6+,19-14-. The smallest absolute Gasteiger partial charge is 0.168 e. The van der Waals surface area contributed by atoms with Crippen LogP contribution in [0.2, 0.25) is 0 Å². The van der Waals surface area contributed by atoms with Gasteiger partial charge in [-0.05, 0) is 61.2 Å². The molecule has 0 aromatic rings. The van der Waals surface area contributed by atoms with Crippen LogP contribution in [0, 0.1) is 11.8 Å². The Morgan fingerprint density at radius 2 is 1.21 bits per heavy atom. The van der Waals surface area contributed by atoms with Crippen molar-refractivity contribution in [2.45, 2.75) is 110 Å². The molecule has 2 aliphatic rings. The van der Waals surface area contributed by atoms with Crippen molar-refractivity contribution in [3.63, 3.8) is 0 Å². The average molecular weight is 734 g/mol. The maximum Gasteiger partial charge on any atom is 0.168 e. The van der Waals surface area contributed by atoms with Crippen molar-refractivity contribution >= 4 is 69.7 Å². The highest BCUT2D eigenvalue weighted by molar-refractivity contribution is 8.00. The van der Waals surface area contributed by atoms with E-state index >= 15 is 0 Å². The van der Waals surface area contributed by atoms with E-state index < -0.39 is 0 Å². The molecular weight excluding hydrogens is 679 g/mol. The lowest BCUT2D eigenvalue weighted by molar-refractivity contribution is -0.117. The molecule has 12 heteroatoms. The highest BCUT2D eigenvalue weighted by Gasteiger charge is 2.32. The highest BCUT2D eigenvalue weighted by atomic mass is 35.5. The molecule has 0 heterocycles. The molecule has 2 aliphatic carbocycles. The van der Waals surface area contributed by atoms with Gasteiger partial charge in [-0.25, -0.2) is 0 Å². The zero-order valence-electron chi connectivity index (χ0n) is 28.8. The Labute approximate surface area is 300 Å². The molecule has 0 aromatic heterocycles. The van der Waals surface area contributed by atoms with Gasteiger partial charge in [0.05, 0.1) is 22.6 Å². The summed E-state index contributed by atoms with van der Waals surface area (Å²) >= 11 is 14.6. The maximum absolute atomic E-state index is 12.6. The molecule has 0 radical (unpaired) electrons. The quantitative estimate of drug-likeness (QED) is 0.0765. The molecule has 2 N–H and O–H groups in total. The van der Waals surface area contributed by atoms with Crippen LogP contribution in [0.25, 0.3) is 0 Å². The first-order chi connectivity index (χ1) is 22.6. The second kappa shape index (κ2) is 25.1. The number of ketones is 2. The van der Waals surface area contributed by atoms with Crippen LogP contribution in [0.5, 0.6) is 0 Å². The monoisotopic (exact) mass is 732 g/mol. The van der Waals surface area contributed by atoms with Gasteiger partial charge in [0.2, 0.25) is 0 Å². The van der Waals surface area contributed by atoms with Crippen LogP contribution in [-0.2, 0) is 19.3 Å². The normalized spacial score (nSPS) is 20.9. The van der Waals surface area contributed by atoms with Gasteiger partial charge in [0.15, 0.2) is 11.6 Å². The van der Waals surface area contributed by atoms with Gasteiger partial charge in [-0.1, -0.05) is 81.5 Å². The third-order valence-corrected chi connectivity index (χ3v) is 10.1. The molecule has 47 heavy (non-hydrogen) atoms. The number of aliphatic hydroxyl groups is 2. The molecule has 0 amide bonds. The predicted octanol–water partition coefficient (Wildman–Crippen LogP) is 10.1. The molecule has 0 spiro atoms. The largest absolute Gasteiger partial charge is 0.511 e. The van der Waals surface area contributed by atoms with Gasteiger partial charge in [0.1, 0.15) is 24.7 Å². The van der Waals surface area contributed by atoms with Gasteiger partial charge >= 0.3 is 0 Å². The van der Waals surface area contributed by atoms with E-state index in [0.29, 0.717) is 71.6 Å². The van der Waals surface area contributed by atoms with Crippen LogP contribution in [-0.4, -0.2) is 68.4 Å². The topological polar surface area (TPSA) is 118 Å². The van der Waals surface area contributed by atoms with Crippen molar-refractivity contribution in [3.05, 3.63) is 45.9 Å². The fourth-order valence-electron chi connectivity index (χ4n) is 5.71. The first kappa shape index (κ1) is 43.1. The summed E-state index contributed by atoms with van der Waals surface area (Å²) < 4.78 is 0. The molecule has 266 valence electrons. The third-order valence-electron chi connectivity index (χ3n) is 7.55. The molecule has 0 saturated carbocycles. The molecule has 4 atom stereocenters. The van der Waals surface area contributed by atoms with Crippen molar-refractivity contribution in [1.82, 2.24) is 0 Å². The van der Waals surface area contributed by atoms with Gasteiger partial charge in [0.25, 0.3) is 0 Å². The summed E-state index contributed by atoms with van der Waals surface area (Å²) in [6, 6.07) is 0. The van der Waals surface area contributed by atoms with Crippen molar-refractivity contribution in [3.8, 4) is 0 Å². The van der Waals surface area contributed by atoms with Crippen molar-refractivity contribution in [1.29, 1.82) is 0 Å². The first-order valence-corrected chi connectivity index (χ1v) is 19.6. The number of carbonyl (C=O) groups excluding carboxylic acids is 2. The van der Waals surface area contributed by atoms with Gasteiger partial charge in [-0.2, -0.15) is 23.5 Å². The maximum atomic E-state index is 12.6. The fourth-order valence-corrected chi connectivity index (χ4v) is 7.81. The van der Waals surface area contributed by atoms with Crippen molar-refractivity contribution in [2.24, 2.45) is 22.1 Å². The van der Waals surface area contributed by atoms with Crippen LogP contribution in [0.15, 0.2) is 56.2 Å². The SMILES string of the molecule is CCC/C(=N\OC/C=C/Cl)C1=C(O)CC(CC(C)SCC)CC1=O.CCSC(C)CC1CC(=O)C(/C(CC)=N\OC/C=C/Cl)=C(O)C1. The number of carbonyl (C=O) groups is 2. The summed E-state index contributed by atoms with van der Waals surface area (Å²) in [6.07, 6.45) is 9.09. The van der Waals surface area contributed by atoms with Gasteiger partial charge in [-0.3, -0.25) is 9.59 Å². The average Bonchev–Trinajstić information content (AvgIpc) is 3.00. The molecule has 0 saturated heterocycles.